The van der Waals surface area contributed by atoms with Crippen LogP contribution in [0.15, 0.2) is 17.7 Å². The molecule has 0 aromatic heterocycles. The highest BCUT2D eigenvalue weighted by atomic mass is 16.3. The summed E-state index contributed by atoms with van der Waals surface area (Å²) in [7, 11) is 0. The van der Waals surface area contributed by atoms with E-state index in [4.69, 9.17) is 5.73 Å². The van der Waals surface area contributed by atoms with E-state index in [9.17, 15) is 15.0 Å². The number of aryl methyl sites for hydroxylation is 1. The quantitative estimate of drug-likeness (QED) is 0.525. The number of benzene rings is 1. The summed E-state index contributed by atoms with van der Waals surface area (Å²) >= 11 is 0. The topological polar surface area (TPSA) is 83.6 Å². The first-order chi connectivity index (χ1) is 7.34. The number of rotatable bonds is 2. The normalized spacial score (nSPS) is 12.2. The molecular formula is C12H15NO3. The van der Waals surface area contributed by atoms with Gasteiger partial charge in [0.15, 0.2) is 11.5 Å². The Morgan fingerprint density at radius 3 is 2.19 bits per heavy atom. The minimum absolute atomic E-state index is 0.175. The Balaban J connectivity index is 3.40. The highest BCUT2D eigenvalue weighted by Crippen LogP contribution is 2.32. The Kier molecular flexibility index (Phi) is 3.22. The van der Waals surface area contributed by atoms with Crippen molar-refractivity contribution in [3.05, 3.63) is 28.8 Å². The summed E-state index contributed by atoms with van der Waals surface area (Å²) < 4.78 is 0. The predicted molar refractivity (Wildman–Crippen MR) is 62.0 cm³/mol. The number of hydrogen-bond acceptors (Lipinski definition) is 3. The number of primary amides is 1. The van der Waals surface area contributed by atoms with E-state index in [-0.39, 0.29) is 11.5 Å². The number of allylic oxidation sites excluding steroid dienone is 1. The van der Waals surface area contributed by atoms with Gasteiger partial charge < -0.3 is 15.9 Å². The minimum Gasteiger partial charge on any atom is -0.504 e. The summed E-state index contributed by atoms with van der Waals surface area (Å²) in [6.45, 7) is 5.16. The van der Waals surface area contributed by atoms with E-state index in [1.165, 1.54) is 12.1 Å². The molecule has 4 heteroatoms. The zero-order chi connectivity index (χ0) is 12.5. The van der Waals surface area contributed by atoms with Gasteiger partial charge >= 0.3 is 0 Å². The molecule has 0 aliphatic carbocycles. The number of amides is 1. The molecule has 0 bridgehead atoms. The summed E-state index contributed by atoms with van der Waals surface area (Å²) in [6.07, 6.45) is 0. The van der Waals surface area contributed by atoms with Gasteiger partial charge in [-0.1, -0.05) is 0 Å². The van der Waals surface area contributed by atoms with E-state index in [2.05, 4.69) is 0 Å². The smallest absolute Gasteiger partial charge is 0.244 e. The number of phenolic OH excluding ortho intramolecular Hbond substituents is 2. The van der Waals surface area contributed by atoms with Crippen molar-refractivity contribution in [2.24, 2.45) is 5.73 Å². The molecule has 0 aliphatic rings. The average molecular weight is 221 g/mol. The van der Waals surface area contributed by atoms with Gasteiger partial charge in [0.25, 0.3) is 0 Å². The van der Waals surface area contributed by atoms with Crippen molar-refractivity contribution in [1.29, 1.82) is 0 Å². The summed E-state index contributed by atoms with van der Waals surface area (Å²) in [4.78, 5) is 11.0. The summed E-state index contributed by atoms with van der Waals surface area (Å²) in [6, 6.07) is 2.87. The standard InChI is InChI=1S/C12H15NO3/c1-6-4-10(14)11(15)5-9(6)7(2)8(3)12(13)16/h4-5,14-15H,1-3H3,(H2,13,16)/b8-7+. The lowest BCUT2D eigenvalue weighted by molar-refractivity contribution is -0.114. The van der Waals surface area contributed by atoms with Gasteiger partial charge in [0.05, 0.1) is 0 Å². The van der Waals surface area contributed by atoms with Crippen LogP contribution in [0.1, 0.15) is 25.0 Å². The molecule has 0 saturated heterocycles. The molecule has 0 fully saturated rings. The molecule has 86 valence electrons. The largest absolute Gasteiger partial charge is 0.504 e. The van der Waals surface area contributed by atoms with Crippen LogP contribution in [0.4, 0.5) is 0 Å². The van der Waals surface area contributed by atoms with E-state index >= 15 is 0 Å². The van der Waals surface area contributed by atoms with Gasteiger partial charge in [-0.05, 0) is 49.6 Å². The molecular weight excluding hydrogens is 206 g/mol. The second kappa shape index (κ2) is 4.26. The molecule has 4 nitrogen and oxygen atoms in total. The third-order valence-corrected chi connectivity index (χ3v) is 2.66. The molecule has 16 heavy (non-hydrogen) atoms. The molecule has 1 rings (SSSR count). The van der Waals surface area contributed by atoms with E-state index in [0.717, 1.165) is 5.56 Å². The monoisotopic (exact) mass is 221 g/mol. The first-order valence-electron chi connectivity index (χ1n) is 4.84. The van der Waals surface area contributed by atoms with Crippen molar-refractivity contribution >= 4 is 11.5 Å². The lowest BCUT2D eigenvalue weighted by Gasteiger charge is -2.10. The SMILES string of the molecule is C/C(C(N)=O)=C(/C)c1cc(O)c(O)cc1C. The van der Waals surface area contributed by atoms with Gasteiger partial charge in [-0.25, -0.2) is 0 Å². The van der Waals surface area contributed by atoms with Crippen molar-refractivity contribution in [3.8, 4) is 11.5 Å². The van der Waals surface area contributed by atoms with Gasteiger partial charge in [-0.15, -0.1) is 0 Å². The summed E-state index contributed by atoms with van der Waals surface area (Å²) in [5.41, 5.74) is 7.79. The lowest BCUT2D eigenvalue weighted by Crippen LogP contribution is -2.13. The maximum atomic E-state index is 11.0. The predicted octanol–water partition coefficient (Wildman–Crippen LogP) is 1.68. The van der Waals surface area contributed by atoms with Crippen LogP contribution in [0, 0.1) is 6.92 Å². The molecule has 0 radical (unpaired) electrons. The van der Waals surface area contributed by atoms with E-state index < -0.39 is 5.91 Å². The van der Waals surface area contributed by atoms with Crippen LogP contribution < -0.4 is 5.73 Å². The third-order valence-electron chi connectivity index (χ3n) is 2.66. The second-order valence-corrected chi connectivity index (χ2v) is 3.77. The van der Waals surface area contributed by atoms with Gasteiger partial charge in [0.2, 0.25) is 5.91 Å². The molecule has 0 aliphatic heterocycles. The highest BCUT2D eigenvalue weighted by molar-refractivity contribution is 5.99. The zero-order valence-electron chi connectivity index (χ0n) is 9.53. The molecule has 4 N–H and O–H groups in total. The van der Waals surface area contributed by atoms with Crippen LogP contribution in [0.3, 0.4) is 0 Å². The van der Waals surface area contributed by atoms with Crippen LogP contribution in [0.5, 0.6) is 11.5 Å². The Bertz CT molecular complexity index is 475. The Labute approximate surface area is 94.0 Å². The number of carbonyl (C=O) groups is 1. The maximum Gasteiger partial charge on any atom is 0.244 e. The molecule has 0 spiro atoms. The number of nitrogens with two attached hydrogens (primary N) is 1. The number of phenols is 2. The summed E-state index contributed by atoms with van der Waals surface area (Å²) in [5.74, 6) is -0.882. The van der Waals surface area contributed by atoms with Crippen molar-refractivity contribution in [2.75, 3.05) is 0 Å². The Hall–Kier alpha value is -1.97. The lowest BCUT2D eigenvalue weighted by atomic mass is 9.97. The number of hydrogen-bond donors (Lipinski definition) is 3. The van der Waals surface area contributed by atoms with Crippen molar-refractivity contribution in [2.45, 2.75) is 20.8 Å². The Morgan fingerprint density at radius 2 is 1.69 bits per heavy atom. The molecule has 1 amide bonds. The van der Waals surface area contributed by atoms with E-state index in [1.807, 2.05) is 0 Å². The fraction of sp³-hybridized carbons (Fsp3) is 0.250. The number of aromatic hydroxyl groups is 2. The van der Waals surface area contributed by atoms with Crippen LogP contribution in [0.2, 0.25) is 0 Å². The summed E-state index contributed by atoms with van der Waals surface area (Å²) in [5, 5.41) is 18.7. The molecule has 0 atom stereocenters. The van der Waals surface area contributed by atoms with Crippen LogP contribution >= 0.6 is 0 Å². The minimum atomic E-state index is -0.496. The highest BCUT2D eigenvalue weighted by Gasteiger charge is 2.11. The molecule has 0 heterocycles. The Morgan fingerprint density at radius 1 is 1.19 bits per heavy atom. The van der Waals surface area contributed by atoms with Gasteiger partial charge in [-0.2, -0.15) is 0 Å². The maximum absolute atomic E-state index is 11.0. The van der Waals surface area contributed by atoms with Gasteiger partial charge in [-0.3, -0.25) is 4.79 Å². The first kappa shape index (κ1) is 12.1. The fourth-order valence-electron chi connectivity index (χ4n) is 1.47. The van der Waals surface area contributed by atoms with Crippen molar-refractivity contribution < 1.29 is 15.0 Å². The first-order valence-corrected chi connectivity index (χ1v) is 4.84. The van der Waals surface area contributed by atoms with E-state index in [0.29, 0.717) is 16.7 Å². The molecule has 1 aromatic carbocycles. The molecule has 0 saturated carbocycles. The van der Waals surface area contributed by atoms with E-state index in [1.54, 1.807) is 20.8 Å². The second-order valence-electron chi connectivity index (χ2n) is 3.77. The third kappa shape index (κ3) is 2.16. The molecule has 0 unspecified atom stereocenters. The fourth-order valence-corrected chi connectivity index (χ4v) is 1.47. The van der Waals surface area contributed by atoms with Crippen LogP contribution in [-0.4, -0.2) is 16.1 Å². The van der Waals surface area contributed by atoms with Crippen molar-refractivity contribution in [1.82, 2.24) is 0 Å². The number of carbonyl (C=O) groups excluding carboxylic acids is 1. The van der Waals surface area contributed by atoms with Crippen LogP contribution in [-0.2, 0) is 4.79 Å². The van der Waals surface area contributed by atoms with Gasteiger partial charge in [0.1, 0.15) is 0 Å². The molecule has 1 aromatic rings. The van der Waals surface area contributed by atoms with Gasteiger partial charge in [0, 0.05) is 5.57 Å². The zero-order valence-corrected chi connectivity index (χ0v) is 9.53. The van der Waals surface area contributed by atoms with Crippen LogP contribution in [0.25, 0.3) is 5.57 Å². The van der Waals surface area contributed by atoms with Crippen molar-refractivity contribution in [3.63, 3.8) is 0 Å². The average Bonchev–Trinajstić information content (AvgIpc) is 2.21.